The summed E-state index contributed by atoms with van der Waals surface area (Å²) in [6, 6.07) is 0. The van der Waals surface area contributed by atoms with Gasteiger partial charge in [0.05, 0.1) is 6.61 Å². The Labute approximate surface area is 132 Å². The Kier molecular flexibility index (Phi) is 3.17. The molecule has 22 heavy (non-hydrogen) atoms. The van der Waals surface area contributed by atoms with Crippen LogP contribution < -0.4 is 0 Å². The lowest BCUT2D eigenvalue weighted by molar-refractivity contribution is -0.134. The van der Waals surface area contributed by atoms with Gasteiger partial charge in [-0.1, -0.05) is 12.5 Å². The molecule has 3 saturated carbocycles. The zero-order valence-electron chi connectivity index (χ0n) is 13.4. The lowest BCUT2D eigenvalue weighted by Crippen LogP contribution is -2.53. The highest BCUT2D eigenvalue weighted by molar-refractivity contribution is 5.91. The van der Waals surface area contributed by atoms with Crippen LogP contribution in [-0.4, -0.2) is 23.3 Å². The van der Waals surface area contributed by atoms with Gasteiger partial charge in [-0.25, -0.2) is 0 Å². The quantitative estimate of drug-likeness (QED) is 0.810. The van der Waals surface area contributed by atoms with E-state index in [-0.39, 0.29) is 23.2 Å². The smallest absolute Gasteiger partial charge is 0.155 e. The predicted octanol–water partition coefficient (Wildman–Crippen LogP) is 3.06. The lowest BCUT2D eigenvalue weighted by atomic mass is 9.47. The zero-order valence-corrected chi connectivity index (χ0v) is 13.4. The first-order valence-corrected chi connectivity index (χ1v) is 8.89. The van der Waals surface area contributed by atoms with Gasteiger partial charge in [-0.15, -0.1) is 0 Å². The van der Waals surface area contributed by atoms with Crippen LogP contribution in [0.5, 0.6) is 0 Å². The maximum atomic E-state index is 12.4. The second-order valence-corrected chi connectivity index (χ2v) is 8.28. The summed E-state index contributed by atoms with van der Waals surface area (Å²) in [7, 11) is 0. The van der Waals surface area contributed by atoms with E-state index in [2.05, 4.69) is 6.92 Å². The van der Waals surface area contributed by atoms with E-state index in [1.165, 1.54) is 5.57 Å². The van der Waals surface area contributed by atoms with Crippen LogP contribution in [0.3, 0.4) is 0 Å². The van der Waals surface area contributed by atoms with Crippen LogP contribution in [0.15, 0.2) is 11.6 Å². The highest BCUT2D eigenvalue weighted by atomic mass is 16.3. The number of aliphatic hydroxyl groups excluding tert-OH is 1. The minimum Gasteiger partial charge on any atom is -0.395 e. The number of rotatable bonds is 1. The van der Waals surface area contributed by atoms with Gasteiger partial charge in [0.2, 0.25) is 0 Å². The third kappa shape index (κ3) is 1.72. The monoisotopic (exact) mass is 302 g/mol. The van der Waals surface area contributed by atoms with Gasteiger partial charge >= 0.3 is 0 Å². The number of carbonyl (C=O) groups is 2. The Bertz CT molecular complexity index is 563. The summed E-state index contributed by atoms with van der Waals surface area (Å²) in [6.07, 6.45) is 9.06. The number of hydrogen-bond acceptors (Lipinski definition) is 3. The molecule has 0 aliphatic heterocycles. The Morgan fingerprint density at radius 1 is 1.09 bits per heavy atom. The molecule has 0 aromatic heterocycles. The van der Waals surface area contributed by atoms with Gasteiger partial charge in [-0.3, -0.25) is 9.59 Å². The number of hydrogen-bond donors (Lipinski definition) is 1. The number of ketones is 2. The fourth-order valence-electron chi connectivity index (χ4n) is 6.43. The third-order valence-electron chi connectivity index (χ3n) is 7.68. The molecule has 120 valence electrons. The summed E-state index contributed by atoms with van der Waals surface area (Å²) in [6.45, 7) is 2.36. The van der Waals surface area contributed by atoms with Crippen molar-refractivity contribution in [3.8, 4) is 0 Å². The normalized spacial score (nSPS) is 47.5. The SMILES string of the molecule is C[C@@]12CC[C@@H]3[C@@H](CCC4=CC(=O)CC[C@@]43CO)[C@H]1CCC2=O. The maximum Gasteiger partial charge on any atom is 0.155 e. The molecule has 0 heterocycles. The molecular weight excluding hydrogens is 276 g/mol. The molecule has 4 rings (SSSR count). The van der Waals surface area contributed by atoms with E-state index in [1.54, 1.807) is 0 Å². The molecule has 0 aromatic rings. The minimum absolute atomic E-state index is 0.108. The zero-order chi connectivity index (χ0) is 15.5. The molecule has 0 radical (unpaired) electrons. The van der Waals surface area contributed by atoms with Crippen LogP contribution in [0.2, 0.25) is 0 Å². The van der Waals surface area contributed by atoms with Crippen LogP contribution in [0.25, 0.3) is 0 Å². The van der Waals surface area contributed by atoms with Gasteiger partial charge in [0, 0.05) is 23.7 Å². The van der Waals surface area contributed by atoms with Crippen LogP contribution in [-0.2, 0) is 9.59 Å². The van der Waals surface area contributed by atoms with E-state index < -0.39 is 0 Å². The van der Waals surface area contributed by atoms with Crippen LogP contribution in [0.4, 0.5) is 0 Å². The van der Waals surface area contributed by atoms with Crippen molar-refractivity contribution in [2.24, 2.45) is 28.6 Å². The molecule has 4 aliphatic carbocycles. The van der Waals surface area contributed by atoms with Crippen molar-refractivity contribution in [1.82, 2.24) is 0 Å². The minimum atomic E-state index is -0.163. The van der Waals surface area contributed by atoms with E-state index in [0.717, 1.165) is 44.9 Å². The number of fused-ring (bicyclic) bond motifs is 5. The second kappa shape index (κ2) is 4.77. The van der Waals surface area contributed by atoms with Gasteiger partial charge in [0.1, 0.15) is 5.78 Å². The Morgan fingerprint density at radius 2 is 1.91 bits per heavy atom. The highest BCUT2D eigenvalue weighted by Gasteiger charge is 2.59. The van der Waals surface area contributed by atoms with Crippen molar-refractivity contribution in [2.75, 3.05) is 6.61 Å². The first kappa shape index (κ1) is 14.6. The van der Waals surface area contributed by atoms with Gasteiger partial charge < -0.3 is 5.11 Å². The van der Waals surface area contributed by atoms with Gasteiger partial charge in [-0.2, -0.15) is 0 Å². The maximum absolute atomic E-state index is 12.4. The topological polar surface area (TPSA) is 54.4 Å². The average molecular weight is 302 g/mol. The summed E-state index contributed by atoms with van der Waals surface area (Å²) >= 11 is 0. The molecule has 3 heteroatoms. The van der Waals surface area contributed by atoms with E-state index in [9.17, 15) is 14.7 Å². The molecule has 3 fully saturated rings. The largest absolute Gasteiger partial charge is 0.395 e. The van der Waals surface area contributed by atoms with Crippen LogP contribution in [0, 0.1) is 28.6 Å². The summed E-state index contributed by atoms with van der Waals surface area (Å²) < 4.78 is 0. The highest BCUT2D eigenvalue weighted by Crippen LogP contribution is 2.64. The lowest BCUT2D eigenvalue weighted by Gasteiger charge is -2.57. The number of Topliss-reactive ketones (excluding diaryl/α,β-unsaturated/α-hetero) is 1. The second-order valence-electron chi connectivity index (χ2n) is 8.28. The number of aliphatic hydroxyl groups is 1. The van der Waals surface area contributed by atoms with E-state index in [1.807, 2.05) is 6.08 Å². The summed E-state index contributed by atoms with van der Waals surface area (Å²) in [4.78, 5) is 24.2. The van der Waals surface area contributed by atoms with Crippen LogP contribution >= 0.6 is 0 Å². The van der Waals surface area contributed by atoms with Gasteiger partial charge in [0.15, 0.2) is 5.78 Å². The molecule has 0 amide bonds. The summed E-state index contributed by atoms with van der Waals surface area (Å²) in [5.41, 5.74) is 0.938. The number of carbonyl (C=O) groups excluding carboxylic acids is 2. The molecule has 3 nitrogen and oxygen atoms in total. The first-order valence-electron chi connectivity index (χ1n) is 8.89. The fraction of sp³-hybridized carbons (Fsp3) is 0.789. The van der Waals surface area contributed by atoms with Crippen molar-refractivity contribution < 1.29 is 14.7 Å². The Balaban J connectivity index is 1.73. The molecule has 5 atom stereocenters. The van der Waals surface area contributed by atoms with Gasteiger partial charge in [-0.05, 0) is 62.4 Å². The molecule has 1 N–H and O–H groups in total. The average Bonchev–Trinajstić information content (AvgIpc) is 2.82. The molecule has 0 unspecified atom stereocenters. The molecule has 0 bridgehead atoms. The molecule has 0 aromatic carbocycles. The van der Waals surface area contributed by atoms with Crippen molar-refractivity contribution in [2.45, 2.75) is 58.3 Å². The van der Waals surface area contributed by atoms with Crippen molar-refractivity contribution in [3.05, 3.63) is 11.6 Å². The Hall–Kier alpha value is -0.960. The molecule has 0 saturated heterocycles. The summed E-state index contributed by atoms with van der Waals surface area (Å²) in [5.74, 6) is 2.22. The van der Waals surface area contributed by atoms with Gasteiger partial charge in [0.25, 0.3) is 0 Å². The fourth-order valence-corrected chi connectivity index (χ4v) is 6.43. The van der Waals surface area contributed by atoms with Crippen LogP contribution in [0.1, 0.15) is 58.3 Å². The first-order chi connectivity index (χ1) is 10.5. The van der Waals surface area contributed by atoms with E-state index in [4.69, 9.17) is 0 Å². The van der Waals surface area contributed by atoms with Crippen molar-refractivity contribution in [1.29, 1.82) is 0 Å². The Morgan fingerprint density at radius 3 is 2.68 bits per heavy atom. The molecule has 4 aliphatic rings. The predicted molar refractivity (Wildman–Crippen MR) is 83.1 cm³/mol. The molecular formula is C19H26O3. The van der Waals surface area contributed by atoms with Crippen molar-refractivity contribution >= 4 is 11.6 Å². The van der Waals surface area contributed by atoms with E-state index in [0.29, 0.717) is 30.0 Å². The standard InChI is InChI=1S/C19H26O3/c1-18-8-7-16-14(15(18)4-5-17(18)22)3-2-12-10-13(21)6-9-19(12,16)11-20/h10,14-16,20H,2-9,11H2,1H3/t14-,15+,16+,18+,19+/m0/s1. The third-order valence-corrected chi connectivity index (χ3v) is 7.68. The molecule has 0 spiro atoms. The van der Waals surface area contributed by atoms with Crippen molar-refractivity contribution in [3.63, 3.8) is 0 Å². The van der Waals surface area contributed by atoms with E-state index >= 15 is 0 Å². The summed E-state index contributed by atoms with van der Waals surface area (Å²) in [5, 5.41) is 10.2.